The lowest BCUT2D eigenvalue weighted by atomic mass is 10.1. The number of nitrogens with one attached hydrogen (secondary N) is 1. The van der Waals surface area contributed by atoms with Gasteiger partial charge in [0.25, 0.3) is 0 Å². The van der Waals surface area contributed by atoms with Crippen molar-refractivity contribution in [2.45, 2.75) is 12.8 Å². The maximum atomic E-state index is 6.11. The molecule has 1 nitrogen and oxygen atoms in total. The van der Waals surface area contributed by atoms with Gasteiger partial charge in [0.05, 0.1) is 15.7 Å². The van der Waals surface area contributed by atoms with Gasteiger partial charge in [0, 0.05) is 11.6 Å². The van der Waals surface area contributed by atoms with Gasteiger partial charge in [-0.3, -0.25) is 0 Å². The minimum absolute atomic E-state index is 0.567. The molecular weight excluding hydrogens is 301 g/mol. The molecule has 0 bridgehead atoms. The zero-order valence-corrected chi connectivity index (χ0v) is 12.6. The minimum Gasteiger partial charge on any atom is -0.384 e. The van der Waals surface area contributed by atoms with E-state index in [2.05, 4.69) is 11.4 Å². The first-order valence-corrected chi connectivity index (χ1v) is 7.23. The Balaban J connectivity index is 1.84. The van der Waals surface area contributed by atoms with Crippen molar-refractivity contribution in [3.05, 3.63) is 63.1 Å². The summed E-state index contributed by atoms with van der Waals surface area (Å²) in [6.07, 6.45) is 1.91. The van der Waals surface area contributed by atoms with Crippen molar-refractivity contribution in [3.8, 4) is 0 Å². The topological polar surface area (TPSA) is 12.0 Å². The predicted octanol–water partition coefficient (Wildman–Crippen LogP) is 5.69. The molecule has 0 amide bonds. The Kier molecular flexibility index (Phi) is 5.38. The first-order valence-electron chi connectivity index (χ1n) is 6.10. The molecule has 2 aromatic carbocycles. The molecule has 0 spiro atoms. The fourth-order valence-electron chi connectivity index (χ4n) is 1.84. The van der Waals surface area contributed by atoms with Gasteiger partial charge < -0.3 is 5.32 Å². The van der Waals surface area contributed by atoms with Gasteiger partial charge in [-0.1, -0.05) is 59.1 Å². The average Bonchev–Trinajstić information content (AvgIpc) is 2.41. The molecule has 0 atom stereocenters. The van der Waals surface area contributed by atoms with Crippen molar-refractivity contribution in [1.82, 2.24) is 0 Å². The monoisotopic (exact) mass is 313 g/mol. The van der Waals surface area contributed by atoms with Crippen LogP contribution >= 0.6 is 34.8 Å². The third kappa shape index (κ3) is 4.04. The van der Waals surface area contributed by atoms with E-state index in [0.717, 1.165) is 30.1 Å². The summed E-state index contributed by atoms with van der Waals surface area (Å²) in [4.78, 5) is 0. The van der Waals surface area contributed by atoms with Gasteiger partial charge in [0.15, 0.2) is 0 Å². The van der Waals surface area contributed by atoms with Crippen LogP contribution in [0.3, 0.4) is 0 Å². The number of hydrogen-bond donors (Lipinski definition) is 1. The summed E-state index contributed by atoms with van der Waals surface area (Å²) in [6, 6.07) is 13.5. The Hall–Kier alpha value is -0.890. The van der Waals surface area contributed by atoms with Crippen LogP contribution < -0.4 is 5.32 Å². The van der Waals surface area contributed by atoms with Gasteiger partial charge in [-0.15, -0.1) is 0 Å². The van der Waals surface area contributed by atoms with E-state index in [1.54, 1.807) is 6.07 Å². The zero-order chi connectivity index (χ0) is 13.7. The zero-order valence-electron chi connectivity index (χ0n) is 10.3. The van der Waals surface area contributed by atoms with Crippen LogP contribution in [0.4, 0.5) is 5.69 Å². The Bertz CT molecular complexity index is 555. The Morgan fingerprint density at radius 1 is 0.842 bits per heavy atom. The van der Waals surface area contributed by atoms with Crippen LogP contribution in [0.2, 0.25) is 15.1 Å². The second kappa shape index (κ2) is 7.04. The van der Waals surface area contributed by atoms with Crippen LogP contribution in [-0.2, 0) is 6.42 Å². The van der Waals surface area contributed by atoms with E-state index in [4.69, 9.17) is 34.8 Å². The second-order valence-corrected chi connectivity index (χ2v) is 5.42. The molecule has 1 N–H and O–H groups in total. The fourth-order valence-corrected chi connectivity index (χ4v) is 2.44. The van der Waals surface area contributed by atoms with Crippen LogP contribution in [0, 0.1) is 0 Å². The van der Waals surface area contributed by atoms with Crippen molar-refractivity contribution in [3.63, 3.8) is 0 Å². The highest BCUT2D eigenvalue weighted by molar-refractivity contribution is 6.43. The second-order valence-electron chi connectivity index (χ2n) is 4.22. The van der Waals surface area contributed by atoms with E-state index in [0.29, 0.717) is 10.0 Å². The maximum Gasteiger partial charge on any atom is 0.0823 e. The quantitative estimate of drug-likeness (QED) is 0.699. The van der Waals surface area contributed by atoms with Gasteiger partial charge in [0.2, 0.25) is 0 Å². The lowest BCUT2D eigenvalue weighted by Crippen LogP contribution is -2.03. The van der Waals surface area contributed by atoms with E-state index in [1.807, 2.05) is 30.3 Å². The van der Waals surface area contributed by atoms with Crippen LogP contribution in [0.25, 0.3) is 0 Å². The molecule has 0 heterocycles. The number of benzene rings is 2. The van der Waals surface area contributed by atoms with Crippen LogP contribution in [0.15, 0.2) is 42.5 Å². The standard InChI is InChI=1S/C15H14Cl3N/c16-12-7-2-1-5-11(12)6-4-10-19-14-9-3-8-13(17)15(14)18/h1-3,5,7-9,19H,4,6,10H2. The summed E-state index contributed by atoms with van der Waals surface area (Å²) in [5.74, 6) is 0. The number of rotatable bonds is 5. The number of aryl methyl sites for hydroxylation is 1. The largest absolute Gasteiger partial charge is 0.384 e. The maximum absolute atomic E-state index is 6.11. The van der Waals surface area contributed by atoms with Crippen molar-refractivity contribution in [2.75, 3.05) is 11.9 Å². The SMILES string of the molecule is Clc1ccccc1CCCNc1cccc(Cl)c1Cl. The van der Waals surface area contributed by atoms with Crippen LogP contribution in [0.5, 0.6) is 0 Å². The van der Waals surface area contributed by atoms with Crippen LogP contribution in [0.1, 0.15) is 12.0 Å². The molecule has 0 fully saturated rings. The summed E-state index contributed by atoms with van der Waals surface area (Å²) in [5.41, 5.74) is 2.04. The van der Waals surface area contributed by atoms with Crippen molar-refractivity contribution < 1.29 is 0 Å². The Labute approximate surface area is 128 Å². The molecule has 0 aliphatic carbocycles. The van der Waals surface area contributed by atoms with Gasteiger partial charge in [0.1, 0.15) is 0 Å². The number of hydrogen-bond acceptors (Lipinski definition) is 1. The summed E-state index contributed by atoms with van der Waals surface area (Å²) in [6.45, 7) is 0.825. The fraction of sp³-hybridized carbons (Fsp3) is 0.200. The molecule has 4 heteroatoms. The molecule has 2 rings (SSSR count). The van der Waals surface area contributed by atoms with E-state index in [-0.39, 0.29) is 0 Å². The molecular formula is C15H14Cl3N. The van der Waals surface area contributed by atoms with Crippen molar-refractivity contribution >= 4 is 40.5 Å². The molecule has 0 radical (unpaired) electrons. The molecule has 0 aliphatic heterocycles. The van der Waals surface area contributed by atoms with Gasteiger partial charge in [-0.2, -0.15) is 0 Å². The molecule has 100 valence electrons. The summed E-state index contributed by atoms with van der Waals surface area (Å²) in [5, 5.41) is 5.25. The molecule has 0 aliphatic rings. The van der Waals surface area contributed by atoms with Gasteiger partial charge in [-0.25, -0.2) is 0 Å². The highest BCUT2D eigenvalue weighted by Gasteiger charge is 2.03. The molecule has 19 heavy (non-hydrogen) atoms. The smallest absolute Gasteiger partial charge is 0.0823 e. The van der Waals surface area contributed by atoms with Crippen LogP contribution in [-0.4, -0.2) is 6.54 Å². The first kappa shape index (κ1) is 14.5. The molecule has 0 saturated heterocycles. The minimum atomic E-state index is 0.567. The highest BCUT2D eigenvalue weighted by atomic mass is 35.5. The third-order valence-corrected chi connectivity index (χ3v) is 4.04. The predicted molar refractivity (Wildman–Crippen MR) is 84.7 cm³/mol. The van der Waals surface area contributed by atoms with Crippen molar-refractivity contribution in [1.29, 1.82) is 0 Å². The molecule has 0 unspecified atom stereocenters. The molecule has 2 aromatic rings. The Morgan fingerprint density at radius 3 is 2.37 bits per heavy atom. The van der Waals surface area contributed by atoms with E-state index < -0.39 is 0 Å². The van der Waals surface area contributed by atoms with Crippen molar-refractivity contribution in [2.24, 2.45) is 0 Å². The third-order valence-electron chi connectivity index (χ3n) is 2.85. The summed E-state index contributed by atoms with van der Waals surface area (Å²) >= 11 is 18.2. The normalized spacial score (nSPS) is 10.5. The lowest BCUT2D eigenvalue weighted by Gasteiger charge is -2.09. The van der Waals surface area contributed by atoms with E-state index in [1.165, 1.54) is 5.56 Å². The van der Waals surface area contributed by atoms with Gasteiger partial charge >= 0.3 is 0 Å². The highest BCUT2D eigenvalue weighted by Crippen LogP contribution is 2.29. The Morgan fingerprint density at radius 2 is 1.58 bits per heavy atom. The molecule has 0 aromatic heterocycles. The van der Waals surface area contributed by atoms with E-state index >= 15 is 0 Å². The summed E-state index contributed by atoms with van der Waals surface area (Å²) in [7, 11) is 0. The number of halogens is 3. The summed E-state index contributed by atoms with van der Waals surface area (Å²) < 4.78 is 0. The number of anilines is 1. The molecule has 0 saturated carbocycles. The first-order chi connectivity index (χ1) is 9.18. The average molecular weight is 315 g/mol. The van der Waals surface area contributed by atoms with Gasteiger partial charge in [-0.05, 0) is 36.6 Å². The van der Waals surface area contributed by atoms with E-state index in [9.17, 15) is 0 Å². The lowest BCUT2D eigenvalue weighted by molar-refractivity contribution is 0.863.